The molecule has 156 valence electrons. The molecule has 2 aromatic rings. The van der Waals surface area contributed by atoms with E-state index >= 15 is 0 Å². The van der Waals surface area contributed by atoms with Crippen molar-refractivity contribution in [3.05, 3.63) is 47.9 Å². The summed E-state index contributed by atoms with van der Waals surface area (Å²) in [4.78, 5) is 23.0. The van der Waals surface area contributed by atoms with Crippen LogP contribution in [0.15, 0.2) is 36.5 Å². The van der Waals surface area contributed by atoms with Gasteiger partial charge in [-0.25, -0.2) is 14.2 Å². The van der Waals surface area contributed by atoms with Gasteiger partial charge in [0.15, 0.2) is 0 Å². The number of carbonyl (C=O) groups excluding carboxylic acids is 1. The van der Waals surface area contributed by atoms with Crippen molar-refractivity contribution in [2.75, 3.05) is 23.3 Å². The first-order valence-electron chi connectivity index (χ1n) is 9.84. The first-order valence-corrected chi connectivity index (χ1v) is 9.84. The van der Waals surface area contributed by atoms with Crippen LogP contribution in [0, 0.1) is 5.82 Å². The molecule has 2 N–H and O–H groups in total. The SMILES string of the molecule is CC(C)(C)OC(=O)NC1CCN(c2nccc(NCc3ccc(F)cc3)n2)CC1. The summed E-state index contributed by atoms with van der Waals surface area (Å²) in [7, 11) is 0. The number of carbonyl (C=O) groups is 1. The minimum Gasteiger partial charge on any atom is -0.444 e. The summed E-state index contributed by atoms with van der Waals surface area (Å²) in [5, 5.41) is 6.18. The lowest BCUT2D eigenvalue weighted by Gasteiger charge is -2.32. The molecular formula is C21H28FN5O2. The molecule has 0 unspecified atom stereocenters. The average Bonchev–Trinajstić information content (AvgIpc) is 2.67. The number of nitrogens with zero attached hydrogens (tertiary/aromatic N) is 3. The third kappa shape index (κ3) is 6.58. The van der Waals surface area contributed by atoms with Gasteiger partial charge in [0.25, 0.3) is 0 Å². The Morgan fingerprint density at radius 2 is 1.90 bits per heavy atom. The van der Waals surface area contributed by atoms with Crippen LogP contribution in [0.4, 0.5) is 21.0 Å². The second-order valence-corrected chi connectivity index (χ2v) is 8.13. The number of amides is 1. The fraction of sp³-hybridized carbons (Fsp3) is 0.476. The van der Waals surface area contributed by atoms with E-state index in [-0.39, 0.29) is 18.0 Å². The van der Waals surface area contributed by atoms with Crippen LogP contribution in [0.5, 0.6) is 0 Å². The second kappa shape index (κ2) is 9.07. The van der Waals surface area contributed by atoms with Gasteiger partial charge in [-0.1, -0.05) is 12.1 Å². The van der Waals surface area contributed by atoms with Gasteiger partial charge in [0, 0.05) is 31.9 Å². The quantitative estimate of drug-likeness (QED) is 0.795. The molecule has 8 heteroatoms. The summed E-state index contributed by atoms with van der Waals surface area (Å²) in [6, 6.07) is 8.26. The highest BCUT2D eigenvalue weighted by Gasteiger charge is 2.24. The Balaban J connectivity index is 1.50. The van der Waals surface area contributed by atoms with E-state index in [1.165, 1.54) is 12.1 Å². The number of nitrogens with one attached hydrogen (secondary N) is 2. The molecule has 0 saturated carbocycles. The number of alkyl carbamates (subject to hydrolysis) is 1. The number of aromatic nitrogens is 2. The van der Waals surface area contributed by atoms with Crippen molar-refractivity contribution in [3.8, 4) is 0 Å². The topological polar surface area (TPSA) is 79.4 Å². The Hall–Kier alpha value is -2.90. The van der Waals surface area contributed by atoms with Crippen molar-refractivity contribution in [2.45, 2.75) is 51.8 Å². The Labute approximate surface area is 170 Å². The van der Waals surface area contributed by atoms with Crippen molar-refractivity contribution in [3.63, 3.8) is 0 Å². The molecule has 29 heavy (non-hydrogen) atoms. The van der Waals surface area contributed by atoms with E-state index in [0.717, 1.165) is 31.5 Å². The zero-order valence-corrected chi connectivity index (χ0v) is 17.1. The highest BCUT2D eigenvalue weighted by Crippen LogP contribution is 2.18. The first kappa shape index (κ1) is 20.8. The number of anilines is 2. The zero-order chi connectivity index (χ0) is 20.9. The molecule has 1 amide bonds. The number of halogens is 1. The molecule has 3 rings (SSSR count). The molecule has 1 saturated heterocycles. The van der Waals surface area contributed by atoms with Gasteiger partial charge < -0.3 is 20.3 Å². The lowest BCUT2D eigenvalue weighted by molar-refractivity contribution is 0.0497. The third-order valence-electron chi connectivity index (χ3n) is 4.53. The smallest absolute Gasteiger partial charge is 0.407 e. The predicted molar refractivity (Wildman–Crippen MR) is 110 cm³/mol. The van der Waals surface area contributed by atoms with Crippen LogP contribution in [0.25, 0.3) is 0 Å². The van der Waals surface area contributed by atoms with Crippen molar-refractivity contribution in [1.29, 1.82) is 0 Å². The largest absolute Gasteiger partial charge is 0.444 e. The molecule has 1 fully saturated rings. The fourth-order valence-electron chi connectivity index (χ4n) is 3.09. The number of ether oxygens (including phenoxy) is 1. The standard InChI is InChI=1S/C21H28FN5O2/c1-21(2,3)29-20(28)25-17-9-12-27(13-10-17)19-23-11-8-18(26-19)24-14-15-4-6-16(22)7-5-15/h4-8,11,17H,9-10,12-14H2,1-3H3,(H,25,28)(H,23,24,26). The van der Waals surface area contributed by atoms with Gasteiger partial charge in [0.1, 0.15) is 17.2 Å². The molecular weight excluding hydrogens is 373 g/mol. The van der Waals surface area contributed by atoms with E-state index in [1.807, 2.05) is 26.8 Å². The van der Waals surface area contributed by atoms with E-state index in [9.17, 15) is 9.18 Å². The Morgan fingerprint density at radius 1 is 1.21 bits per heavy atom. The van der Waals surface area contributed by atoms with Gasteiger partial charge >= 0.3 is 6.09 Å². The molecule has 0 bridgehead atoms. The highest BCUT2D eigenvalue weighted by molar-refractivity contribution is 5.68. The van der Waals surface area contributed by atoms with Crippen LogP contribution in [-0.2, 0) is 11.3 Å². The summed E-state index contributed by atoms with van der Waals surface area (Å²) >= 11 is 0. The summed E-state index contributed by atoms with van der Waals surface area (Å²) < 4.78 is 18.3. The highest BCUT2D eigenvalue weighted by atomic mass is 19.1. The maximum atomic E-state index is 13.0. The molecule has 1 aromatic carbocycles. The van der Waals surface area contributed by atoms with E-state index in [4.69, 9.17) is 4.74 Å². The van der Waals surface area contributed by atoms with Gasteiger partial charge in [-0.05, 0) is 57.4 Å². The van der Waals surface area contributed by atoms with Gasteiger partial charge in [-0.2, -0.15) is 4.98 Å². The van der Waals surface area contributed by atoms with Gasteiger partial charge in [-0.3, -0.25) is 0 Å². The summed E-state index contributed by atoms with van der Waals surface area (Å²) in [5.74, 6) is 1.13. The Kier molecular flexibility index (Phi) is 6.51. The normalized spacial score (nSPS) is 15.1. The zero-order valence-electron chi connectivity index (χ0n) is 17.1. The van der Waals surface area contributed by atoms with E-state index in [1.54, 1.807) is 18.3 Å². The fourth-order valence-corrected chi connectivity index (χ4v) is 3.09. The minimum atomic E-state index is -0.500. The van der Waals surface area contributed by atoms with Crippen LogP contribution in [0.3, 0.4) is 0 Å². The Bertz CT molecular complexity index is 815. The second-order valence-electron chi connectivity index (χ2n) is 8.13. The lowest BCUT2D eigenvalue weighted by Crippen LogP contribution is -2.46. The number of hydrogen-bond acceptors (Lipinski definition) is 6. The molecule has 7 nitrogen and oxygen atoms in total. The molecule has 1 aromatic heterocycles. The average molecular weight is 401 g/mol. The first-order chi connectivity index (χ1) is 13.8. The van der Waals surface area contributed by atoms with Crippen LogP contribution in [0.1, 0.15) is 39.2 Å². The number of piperidine rings is 1. The number of benzene rings is 1. The molecule has 0 aliphatic carbocycles. The summed E-state index contributed by atoms with van der Waals surface area (Å²) in [5.41, 5.74) is 0.473. The maximum absolute atomic E-state index is 13.0. The number of rotatable bonds is 5. The van der Waals surface area contributed by atoms with Crippen LogP contribution >= 0.6 is 0 Å². The Morgan fingerprint density at radius 3 is 2.55 bits per heavy atom. The van der Waals surface area contributed by atoms with Gasteiger partial charge in [-0.15, -0.1) is 0 Å². The van der Waals surface area contributed by atoms with E-state index < -0.39 is 5.60 Å². The van der Waals surface area contributed by atoms with Gasteiger partial charge in [0.2, 0.25) is 5.95 Å². The van der Waals surface area contributed by atoms with Crippen molar-refractivity contribution < 1.29 is 13.9 Å². The predicted octanol–water partition coefficient (Wildman–Crippen LogP) is 3.72. The number of hydrogen-bond donors (Lipinski definition) is 2. The van der Waals surface area contributed by atoms with Crippen molar-refractivity contribution in [2.24, 2.45) is 0 Å². The maximum Gasteiger partial charge on any atom is 0.407 e. The monoisotopic (exact) mass is 401 g/mol. The van der Waals surface area contributed by atoms with E-state index in [0.29, 0.717) is 18.3 Å². The van der Waals surface area contributed by atoms with E-state index in [2.05, 4.69) is 25.5 Å². The summed E-state index contributed by atoms with van der Waals surface area (Å²) in [6.45, 7) is 7.61. The van der Waals surface area contributed by atoms with Gasteiger partial charge in [0.05, 0.1) is 0 Å². The minimum absolute atomic E-state index is 0.0842. The van der Waals surface area contributed by atoms with Crippen molar-refractivity contribution >= 4 is 17.9 Å². The lowest BCUT2D eigenvalue weighted by atomic mass is 10.1. The van der Waals surface area contributed by atoms with Crippen LogP contribution in [0.2, 0.25) is 0 Å². The molecule has 2 heterocycles. The molecule has 0 radical (unpaired) electrons. The molecule has 0 spiro atoms. The van der Waals surface area contributed by atoms with Crippen LogP contribution < -0.4 is 15.5 Å². The molecule has 1 aliphatic rings. The molecule has 0 atom stereocenters. The van der Waals surface area contributed by atoms with Crippen LogP contribution in [-0.4, -0.2) is 40.8 Å². The third-order valence-corrected chi connectivity index (χ3v) is 4.53. The van der Waals surface area contributed by atoms with Crippen molar-refractivity contribution in [1.82, 2.24) is 15.3 Å². The molecule has 1 aliphatic heterocycles. The summed E-state index contributed by atoms with van der Waals surface area (Å²) in [6.07, 6.45) is 2.95.